The van der Waals surface area contributed by atoms with E-state index in [1.54, 1.807) is 0 Å². The Kier molecular flexibility index (Phi) is 5.27. The highest BCUT2D eigenvalue weighted by atomic mass is 35.5. The van der Waals surface area contributed by atoms with Crippen molar-refractivity contribution in [2.75, 3.05) is 0 Å². The Balaban J connectivity index is 2.27. The molecule has 2 aromatic rings. The first-order valence-corrected chi connectivity index (χ1v) is 7.61. The first-order valence-electron chi connectivity index (χ1n) is 7.23. The number of aryl methyl sites for hydroxylation is 2. The van der Waals surface area contributed by atoms with E-state index in [9.17, 15) is 0 Å². The number of hydrogen-bond acceptors (Lipinski definition) is 2. The maximum atomic E-state index is 6.31. The van der Waals surface area contributed by atoms with Crippen molar-refractivity contribution in [1.29, 1.82) is 0 Å². The van der Waals surface area contributed by atoms with Gasteiger partial charge < -0.3 is 10.1 Å². The molecule has 0 radical (unpaired) electrons. The van der Waals surface area contributed by atoms with E-state index in [2.05, 4.69) is 39.1 Å². The zero-order chi connectivity index (χ0) is 15.4. The summed E-state index contributed by atoms with van der Waals surface area (Å²) in [7, 11) is 0. The van der Waals surface area contributed by atoms with Crippen molar-refractivity contribution >= 4 is 11.6 Å². The van der Waals surface area contributed by atoms with Gasteiger partial charge in [0.1, 0.15) is 11.5 Å². The molecule has 0 aromatic heterocycles. The molecule has 0 aliphatic carbocycles. The molecule has 0 heterocycles. The summed E-state index contributed by atoms with van der Waals surface area (Å²) < 4.78 is 6.04. The first-order chi connectivity index (χ1) is 9.97. The average Bonchev–Trinajstić information content (AvgIpc) is 2.43. The number of nitrogens with one attached hydrogen (secondary N) is 1. The van der Waals surface area contributed by atoms with Crippen LogP contribution >= 0.6 is 11.6 Å². The minimum atomic E-state index is 0.415. The molecule has 0 aliphatic rings. The van der Waals surface area contributed by atoms with Gasteiger partial charge in [0.05, 0.1) is 5.02 Å². The molecule has 3 heteroatoms. The molecule has 0 aliphatic heterocycles. The molecular weight excluding hydrogens is 282 g/mol. The molecule has 0 fully saturated rings. The lowest BCUT2D eigenvalue weighted by molar-refractivity contribution is 0.469. The highest BCUT2D eigenvalue weighted by Gasteiger charge is 2.10. The molecular formula is C18H22ClNO. The Hall–Kier alpha value is -1.51. The van der Waals surface area contributed by atoms with Crippen LogP contribution in [-0.4, -0.2) is 6.04 Å². The third kappa shape index (κ3) is 4.23. The van der Waals surface area contributed by atoms with Crippen LogP contribution in [0.3, 0.4) is 0 Å². The van der Waals surface area contributed by atoms with Gasteiger partial charge in [-0.15, -0.1) is 0 Å². The molecule has 2 nitrogen and oxygen atoms in total. The normalized spacial score (nSPS) is 11.0. The van der Waals surface area contributed by atoms with E-state index in [4.69, 9.17) is 16.3 Å². The summed E-state index contributed by atoms with van der Waals surface area (Å²) in [6, 6.07) is 12.3. The molecule has 2 aromatic carbocycles. The van der Waals surface area contributed by atoms with Crippen molar-refractivity contribution in [2.24, 2.45) is 0 Å². The Morgan fingerprint density at radius 2 is 1.86 bits per heavy atom. The predicted octanol–water partition coefficient (Wildman–Crippen LogP) is 5.25. The van der Waals surface area contributed by atoms with Crippen LogP contribution in [0.25, 0.3) is 0 Å². The fourth-order valence-electron chi connectivity index (χ4n) is 2.02. The Bertz CT molecular complexity index is 623. The molecule has 2 rings (SSSR count). The van der Waals surface area contributed by atoms with Gasteiger partial charge in [-0.3, -0.25) is 0 Å². The largest absolute Gasteiger partial charge is 0.455 e. The minimum absolute atomic E-state index is 0.415. The second-order valence-corrected chi connectivity index (χ2v) is 6.02. The van der Waals surface area contributed by atoms with Gasteiger partial charge in [-0.05, 0) is 43.2 Å². The van der Waals surface area contributed by atoms with Crippen LogP contribution in [0.1, 0.15) is 30.5 Å². The van der Waals surface area contributed by atoms with Gasteiger partial charge >= 0.3 is 0 Å². The summed E-state index contributed by atoms with van der Waals surface area (Å²) in [5.41, 5.74) is 3.53. The lowest BCUT2D eigenvalue weighted by Gasteiger charge is -2.15. The van der Waals surface area contributed by atoms with Crippen molar-refractivity contribution in [3.8, 4) is 11.5 Å². The highest BCUT2D eigenvalue weighted by Crippen LogP contribution is 2.33. The molecule has 0 bridgehead atoms. The van der Waals surface area contributed by atoms with Crippen molar-refractivity contribution < 1.29 is 4.74 Å². The van der Waals surface area contributed by atoms with E-state index in [1.165, 1.54) is 11.1 Å². The lowest BCUT2D eigenvalue weighted by Crippen LogP contribution is -2.22. The lowest BCUT2D eigenvalue weighted by atomic mass is 10.1. The van der Waals surface area contributed by atoms with E-state index in [-0.39, 0.29) is 0 Å². The van der Waals surface area contributed by atoms with Crippen LogP contribution in [0.5, 0.6) is 11.5 Å². The quantitative estimate of drug-likeness (QED) is 0.815. The molecule has 21 heavy (non-hydrogen) atoms. The van der Waals surface area contributed by atoms with Crippen molar-refractivity contribution in [1.82, 2.24) is 5.32 Å². The molecule has 0 spiro atoms. The van der Waals surface area contributed by atoms with E-state index in [0.29, 0.717) is 11.1 Å². The fraction of sp³-hybridized carbons (Fsp3) is 0.333. The Morgan fingerprint density at radius 3 is 2.52 bits per heavy atom. The summed E-state index contributed by atoms with van der Waals surface area (Å²) in [5.74, 6) is 1.55. The molecule has 0 amide bonds. The molecule has 0 unspecified atom stereocenters. The van der Waals surface area contributed by atoms with Gasteiger partial charge in [0.15, 0.2) is 0 Å². The number of benzene rings is 2. The van der Waals surface area contributed by atoms with Gasteiger partial charge in [0.2, 0.25) is 0 Å². The third-order valence-corrected chi connectivity index (χ3v) is 3.75. The van der Waals surface area contributed by atoms with Gasteiger partial charge in [-0.1, -0.05) is 43.6 Å². The van der Waals surface area contributed by atoms with Crippen LogP contribution in [-0.2, 0) is 6.54 Å². The van der Waals surface area contributed by atoms with E-state index in [1.807, 2.05) is 30.3 Å². The number of rotatable bonds is 5. The topological polar surface area (TPSA) is 21.3 Å². The first kappa shape index (κ1) is 15.9. The van der Waals surface area contributed by atoms with Crippen LogP contribution in [0, 0.1) is 13.8 Å². The number of hydrogen-bond donors (Lipinski definition) is 1. The molecule has 0 atom stereocenters. The number of halogens is 1. The zero-order valence-corrected chi connectivity index (χ0v) is 13.8. The van der Waals surface area contributed by atoms with E-state index >= 15 is 0 Å². The van der Waals surface area contributed by atoms with Gasteiger partial charge in [0, 0.05) is 18.2 Å². The monoisotopic (exact) mass is 303 g/mol. The SMILES string of the molecule is Cc1ccc(Oc2c(Cl)cccc2CNC(C)C)cc1C. The standard InChI is InChI=1S/C18H22ClNO/c1-12(2)20-11-15-6-5-7-17(19)18(15)21-16-9-8-13(3)14(4)10-16/h5-10,12,20H,11H2,1-4H3. The summed E-state index contributed by atoms with van der Waals surface area (Å²) >= 11 is 6.31. The van der Waals surface area contributed by atoms with Gasteiger partial charge in [-0.2, -0.15) is 0 Å². The number of para-hydroxylation sites is 1. The highest BCUT2D eigenvalue weighted by molar-refractivity contribution is 6.32. The minimum Gasteiger partial charge on any atom is -0.455 e. The van der Waals surface area contributed by atoms with Crippen molar-refractivity contribution in [2.45, 2.75) is 40.3 Å². The fourth-order valence-corrected chi connectivity index (χ4v) is 2.25. The van der Waals surface area contributed by atoms with E-state index in [0.717, 1.165) is 23.6 Å². The average molecular weight is 304 g/mol. The zero-order valence-electron chi connectivity index (χ0n) is 13.0. The smallest absolute Gasteiger partial charge is 0.150 e. The van der Waals surface area contributed by atoms with Crippen molar-refractivity contribution in [3.63, 3.8) is 0 Å². The van der Waals surface area contributed by atoms with Gasteiger partial charge in [-0.25, -0.2) is 0 Å². The second-order valence-electron chi connectivity index (χ2n) is 5.61. The van der Waals surface area contributed by atoms with Crippen LogP contribution in [0.4, 0.5) is 0 Å². The van der Waals surface area contributed by atoms with E-state index < -0.39 is 0 Å². The molecule has 1 N–H and O–H groups in total. The Labute approximate surface area is 132 Å². The summed E-state index contributed by atoms with van der Waals surface area (Å²) in [6.45, 7) is 9.14. The molecule has 0 saturated carbocycles. The van der Waals surface area contributed by atoms with Crippen LogP contribution < -0.4 is 10.1 Å². The second kappa shape index (κ2) is 6.97. The summed E-state index contributed by atoms with van der Waals surface area (Å²) in [6.07, 6.45) is 0. The molecule has 112 valence electrons. The maximum absolute atomic E-state index is 6.31. The summed E-state index contributed by atoms with van der Waals surface area (Å²) in [4.78, 5) is 0. The van der Waals surface area contributed by atoms with Gasteiger partial charge in [0.25, 0.3) is 0 Å². The summed E-state index contributed by atoms with van der Waals surface area (Å²) in [5, 5.41) is 4.03. The van der Waals surface area contributed by atoms with Crippen molar-refractivity contribution in [3.05, 3.63) is 58.1 Å². The van der Waals surface area contributed by atoms with Crippen LogP contribution in [0.2, 0.25) is 5.02 Å². The van der Waals surface area contributed by atoms with Crippen LogP contribution in [0.15, 0.2) is 36.4 Å². The maximum Gasteiger partial charge on any atom is 0.150 e. The molecule has 0 saturated heterocycles. The number of ether oxygens (including phenoxy) is 1. The third-order valence-electron chi connectivity index (χ3n) is 3.45. The Morgan fingerprint density at radius 1 is 1.10 bits per heavy atom. The predicted molar refractivity (Wildman–Crippen MR) is 89.4 cm³/mol.